The number of carbonyl (C=O) groups is 1. The Morgan fingerprint density at radius 1 is 1.15 bits per heavy atom. The van der Waals surface area contributed by atoms with Gasteiger partial charge < -0.3 is 15.2 Å². The van der Waals surface area contributed by atoms with Crippen LogP contribution in [-0.2, 0) is 11.2 Å². The number of nitrogens with one attached hydrogen (secondary N) is 1. The first-order chi connectivity index (χ1) is 12.4. The lowest BCUT2D eigenvalue weighted by atomic mass is 10.0. The second kappa shape index (κ2) is 10.4. The average molecular weight is 396 g/mol. The smallest absolute Gasteiger partial charge is 0.303 e. The third kappa shape index (κ3) is 7.24. The Bertz CT molecular complexity index is 709. The van der Waals surface area contributed by atoms with Gasteiger partial charge in [-0.3, -0.25) is 4.79 Å². The van der Waals surface area contributed by atoms with Crippen molar-refractivity contribution < 1.29 is 14.6 Å². The average Bonchev–Trinajstić information content (AvgIpc) is 2.61. The first-order valence-electron chi connectivity index (χ1n) is 8.53. The van der Waals surface area contributed by atoms with Gasteiger partial charge in [0, 0.05) is 24.6 Å². The van der Waals surface area contributed by atoms with Crippen LogP contribution in [0, 0.1) is 0 Å². The fraction of sp³-hybridized carbons (Fsp3) is 0.350. The minimum Gasteiger partial charge on any atom is -0.492 e. The molecule has 0 aliphatic rings. The first kappa shape index (κ1) is 20.6. The van der Waals surface area contributed by atoms with Gasteiger partial charge in [0.25, 0.3) is 0 Å². The van der Waals surface area contributed by atoms with Gasteiger partial charge >= 0.3 is 5.97 Å². The predicted octanol–water partition coefficient (Wildman–Crippen LogP) is 4.83. The molecule has 2 rings (SSSR count). The largest absolute Gasteiger partial charge is 0.492 e. The van der Waals surface area contributed by atoms with Crippen molar-refractivity contribution in [2.24, 2.45) is 0 Å². The molecule has 2 aromatic rings. The molecule has 0 amide bonds. The Morgan fingerprint density at radius 3 is 2.54 bits per heavy atom. The Morgan fingerprint density at radius 2 is 1.88 bits per heavy atom. The van der Waals surface area contributed by atoms with E-state index >= 15 is 0 Å². The Labute approximate surface area is 164 Å². The van der Waals surface area contributed by atoms with Crippen LogP contribution in [0.4, 0.5) is 0 Å². The maximum atomic E-state index is 10.9. The minimum atomic E-state index is -0.787. The summed E-state index contributed by atoms with van der Waals surface area (Å²) in [4.78, 5) is 10.9. The van der Waals surface area contributed by atoms with Crippen LogP contribution >= 0.6 is 23.2 Å². The summed E-state index contributed by atoms with van der Waals surface area (Å²) < 4.78 is 5.76. The molecule has 2 N–H and O–H groups in total. The molecular weight excluding hydrogens is 373 g/mol. The van der Waals surface area contributed by atoms with E-state index in [2.05, 4.69) is 5.32 Å². The number of aliphatic carboxylic acids is 1. The Balaban J connectivity index is 1.90. The van der Waals surface area contributed by atoms with Crippen molar-refractivity contribution in [3.05, 3.63) is 64.1 Å². The zero-order valence-corrected chi connectivity index (χ0v) is 16.1. The molecule has 140 valence electrons. The van der Waals surface area contributed by atoms with E-state index in [1.54, 1.807) is 18.2 Å². The van der Waals surface area contributed by atoms with Crippen LogP contribution in [-0.4, -0.2) is 29.8 Å². The summed E-state index contributed by atoms with van der Waals surface area (Å²) >= 11 is 11.9. The lowest BCUT2D eigenvalue weighted by molar-refractivity contribution is -0.137. The van der Waals surface area contributed by atoms with E-state index < -0.39 is 5.97 Å². The van der Waals surface area contributed by atoms with Gasteiger partial charge in [-0.15, -0.1) is 0 Å². The molecule has 6 heteroatoms. The maximum Gasteiger partial charge on any atom is 0.303 e. The normalized spacial score (nSPS) is 13.2. The van der Waals surface area contributed by atoms with E-state index in [9.17, 15) is 4.79 Å². The summed E-state index contributed by atoms with van der Waals surface area (Å²) in [6.07, 6.45) is 1.46. The first-order valence-corrected chi connectivity index (χ1v) is 9.29. The van der Waals surface area contributed by atoms with Gasteiger partial charge in [-0.25, -0.2) is 0 Å². The molecule has 4 nitrogen and oxygen atoms in total. The van der Waals surface area contributed by atoms with Crippen molar-refractivity contribution in [3.8, 4) is 5.75 Å². The number of benzene rings is 2. The number of rotatable bonds is 10. The number of carboxylic acids is 1. The van der Waals surface area contributed by atoms with E-state index in [0.29, 0.717) is 28.8 Å². The van der Waals surface area contributed by atoms with E-state index in [1.165, 1.54) is 5.56 Å². The molecule has 0 fully saturated rings. The van der Waals surface area contributed by atoms with Crippen LogP contribution in [0.15, 0.2) is 48.5 Å². The monoisotopic (exact) mass is 395 g/mol. The zero-order valence-electron chi connectivity index (χ0n) is 14.6. The maximum absolute atomic E-state index is 10.9. The Kier molecular flexibility index (Phi) is 8.23. The molecular formula is C20H23Cl2NO3. The third-order valence-corrected chi connectivity index (χ3v) is 4.68. The standard InChI is InChI=1S/C20H23Cl2NO3/c1-14(13-26-17-8-9-18(21)19(22)12-17)23-16(7-10-20(24)25)11-15-5-3-2-4-6-15/h2-6,8-9,12,14,16,23H,7,10-11,13H2,1H3,(H,24,25). The van der Waals surface area contributed by atoms with Crippen molar-refractivity contribution in [1.29, 1.82) is 0 Å². The molecule has 0 radical (unpaired) electrons. The molecule has 0 spiro atoms. The van der Waals surface area contributed by atoms with Crippen molar-refractivity contribution in [1.82, 2.24) is 5.32 Å². The van der Waals surface area contributed by atoms with E-state index in [4.69, 9.17) is 33.0 Å². The number of hydrogen-bond acceptors (Lipinski definition) is 3. The van der Waals surface area contributed by atoms with Gasteiger partial charge in [-0.1, -0.05) is 53.5 Å². The highest BCUT2D eigenvalue weighted by atomic mass is 35.5. The predicted molar refractivity (Wildman–Crippen MR) is 105 cm³/mol. The van der Waals surface area contributed by atoms with E-state index in [1.807, 2.05) is 37.3 Å². The topological polar surface area (TPSA) is 58.6 Å². The third-order valence-electron chi connectivity index (χ3n) is 3.94. The summed E-state index contributed by atoms with van der Waals surface area (Å²) in [5, 5.41) is 13.4. The molecule has 0 aliphatic carbocycles. The summed E-state index contributed by atoms with van der Waals surface area (Å²) in [5.41, 5.74) is 1.17. The summed E-state index contributed by atoms with van der Waals surface area (Å²) in [6, 6.07) is 15.3. The summed E-state index contributed by atoms with van der Waals surface area (Å²) in [5.74, 6) is -0.136. The second-order valence-corrected chi connectivity index (χ2v) is 7.09. The van der Waals surface area contributed by atoms with Crippen LogP contribution < -0.4 is 10.1 Å². The van der Waals surface area contributed by atoms with Crippen LogP contribution in [0.3, 0.4) is 0 Å². The number of halogens is 2. The van der Waals surface area contributed by atoms with Gasteiger partial charge in [-0.05, 0) is 37.5 Å². The van der Waals surface area contributed by atoms with Gasteiger partial charge in [0.05, 0.1) is 10.0 Å². The highest BCUT2D eigenvalue weighted by Crippen LogP contribution is 2.26. The van der Waals surface area contributed by atoms with Crippen LogP contribution in [0.1, 0.15) is 25.3 Å². The van der Waals surface area contributed by atoms with Crippen LogP contribution in [0.25, 0.3) is 0 Å². The molecule has 2 aromatic carbocycles. The zero-order chi connectivity index (χ0) is 18.9. The highest BCUT2D eigenvalue weighted by molar-refractivity contribution is 6.42. The van der Waals surface area contributed by atoms with Gasteiger partial charge in [-0.2, -0.15) is 0 Å². The van der Waals surface area contributed by atoms with Crippen LogP contribution in [0.2, 0.25) is 10.0 Å². The van der Waals surface area contributed by atoms with Crippen molar-refractivity contribution in [2.75, 3.05) is 6.61 Å². The van der Waals surface area contributed by atoms with E-state index in [-0.39, 0.29) is 18.5 Å². The molecule has 0 bridgehead atoms. The molecule has 0 aliphatic heterocycles. The van der Waals surface area contributed by atoms with Crippen molar-refractivity contribution in [2.45, 2.75) is 38.3 Å². The number of ether oxygens (including phenoxy) is 1. The van der Waals surface area contributed by atoms with Crippen molar-refractivity contribution in [3.63, 3.8) is 0 Å². The molecule has 0 aromatic heterocycles. The lowest BCUT2D eigenvalue weighted by Gasteiger charge is -2.23. The fourth-order valence-electron chi connectivity index (χ4n) is 2.68. The summed E-state index contributed by atoms with van der Waals surface area (Å²) in [6.45, 7) is 2.45. The molecule has 0 heterocycles. The lowest BCUT2D eigenvalue weighted by Crippen LogP contribution is -2.41. The van der Waals surface area contributed by atoms with Gasteiger partial charge in [0.1, 0.15) is 12.4 Å². The van der Waals surface area contributed by atoms with Crippen molar-refractivity contribution >= 4 is 29.2 Å². The molecule has 2 atom stereocenters. The fourth-order valence-corrected chi connectivity index (χ4v) is 2.97. The minimum absolute atomic E-state index is 0.0481. The summed E-state index contributed by atoms with van der Waals surface area (Å²) in [7, 11) is 0. The molecule has 0 saturated heterocycles. The molecule has 26 heavy (non-hydrogen) atoms. The van der Waals surface area contributed by atoms with Gasteiger partial charge in [0.15, 0.2) is 0 Å². The number of carboxylic acid groups (broad SMARTS) is 1. The SMILES string of the molecule is CC(COc1ccc(Cl)c(Cl)c1)NC(CCC(=O)O)Cc1ccccc1. The molecule has 2 unspecified atom stereocenters. The van der Waals surface area contributed by atoms with E-state index in [0.717, 1.165) is 6.42 Å². The Hall–Kier alpha value is -1.75. The van der Waals surface area contributed by atoms with Gasteiger partial charge in [0.2, 0.25) is 0 Å². The van der Waals surface area contributed by atoms with Crippen LogP contribution in [0.5, 0.6) is 5.75 Å². The highest BCUT2D eigenvalue weighted by Gasteiger charge is 2.15. The second-order valence-electron chi connectivity index (χ2n) is 6.27. The quantitative estimate of drug-likeness (QED) is 0.604. The number of hydrogen-bond donors (Lipinski definition) is 2. The molecule has 0 saturated carbocycles.